The highest BCUT2D eigenvalue weighted by Gasteiger charge is 2.39. The normalized spacial score (nSPS) is 30.8. The molecule has 0 unspecified atom stereocenters. The average molecular weight is 351 g/mol. The summed E-state index contributed by atoms with van der Waals surface area (Å²) in [6.07, 6.45) is 5.39. The van der Waals surface area contributed by atoms with Crippen LogP contribution >= 0.6 is 27.3 Å². The van der Waals surface area contributed by atoms with Gasteiger partial charge in [-0.1, -0.05) is 15.9 Å². The van der Waals surface area contributed by atoms with E-state index in [1.54, 1.807) is 0 Å². The van der Waals surface area contributed by atoms with Crippen LogP contribution in [0, 0.1) is 0 Å². The van der Waals surface area contributed by atoms with Crippen LogP contribution in [0.1, 0.15) is 43.5 Å². The lowest BCUT2D eigenvalue weighted by Crippen LogP contribution is -2.45. The van der Waals surface area contributed by atoms with Gasteiger partial charge in [-0.3, -0.25) is 4.90 Å². The first-order valence-corrected chi connectivity index (χ1v) is 9.13. The molecule has 2 nitrogen and oxygen atoms in total. The van der Waals surface area contributed by atoms with E-state index in [1.165, 1.54) is 41.9 Å². The van der Waals surface area contributed by atoms with Crippen molar-refractivity contribution in [1.29, 1.82) is 0 Å². The largest absolute Gasteiger partial charge is 0.298 e. The molecule has 2 aliphatic rings. The van der Waals surface area contributed by atoms with Gasteiger partial charge < -0.3 is 0 Å². The van der Waals surface area contributed by atoms with E-state index in [0.717, 1.165) is 22.1 Å². The Bertz CT molecular complexity index is 632. The first-order chi connectivity index (χ1) is 9.70. The predicted octanol–water partition coefficient (Wildman–Crippen LogP) is 4.79. The molecule has 0 bridgehead atoms. The van der Waals surface area contributed by atoms with Crippen LogP contribution in [0.2, 0.25) is 0 Å². The lowest BCUT2D eigenvalue weighted by atomic mass is 9.79. The number of likely N-dealkylation sites (tertiary alicyclic amines) is 1. The lowest BCUT2D eigenvalue weighted by Gasteiger charge is -2.42. The Morgan fingerprint density at radius 1 is 1.35 bits per heavy atom. The Hall–Kier alpha value is -0.450. The van der Waals surface area contributed by atoms with Crippen LogP contribution in [0.5, 0.6) is 0 Å². The molecular formula is C16H19BrN2S. The summed E-state index contributed by atoms with van der Waals surface area (Å²) in [7, 11) is 0. The van der Waals surface area contributed by atoms with Crippen LogP contribution in [-0.2, 0) is 0 Å². The Morgan fingerprint density at radius 2 is 2.20 bits per heavy atom. The van der Waals surface area contributed by atoms with Crippen molar-refractivity contribution >= 4 is 37.5 Å². The van der Waals surface area contributed by atoms with E-state index in [0.29, 0.717) is 5.92 Å². The van der Waals surface area contributed by atoms with Crippen LogP contribution in [0.25, 0.3) is 10.2 Å². The Balaban J connectivity index is 1.49. The van der Waals surface area contributed by atoms with E-state index >= 15 is 0 Å². The number of rotatable bonds is 2. The number of fused-ring (bicyclic) bond motifs is 1. The van der Waals surface area contributed by atoms with Gasteiger partial charge in [-0.2, -0.15) is 0 Å². The van der Waals surface area contributed by atoms with Crippen molar-refractivity contribution in [3.05, 3.63) is 27.7 Å². The fourth-order valence-corrected chi connectivity index (χ4v) is 5.29. The van der Waals surface area contributed by atoms with Gasteiger partial charge in [-0.25, -0.2) is 4.98 Å². The van der Waals surface area contributed by atoms with Crippen LogP contribution in [0.15, 0.2) is 22.7 Å². The third-order valence-corrected chi connectivity index (χ3v) is 6.58. The van der Waals surface area contributed by atoms with Gasteiger partial charge in [0, 0.05) is 22.5 Å². The summed E-state index contributed by atoms with van der Waals surface area (Å²) in [5.41, 5.74) is 1.16. The fraction of sp³-hybridized carbons (Fsp3) is 0.562. The molecule has 1 saturated carbocycles. The summed E-state index contributed by atoms with van der Waals surface area (Å²) in [6, 6.07) is 8.01. The molecule has 1 atom stereocenters. The first-order valence-electron chi connectivity index (χ1n) is 7.52. The van der Waals surface area contributed by atoms with Crippen LogP contribution < -0.4 is 0 Å². The van der Waals surface area contributed by atoms with Gasteiger partial charge >= 0.3 is 0 Å². The lowest BCUT2D eigenvalue weighted by molar-refractivity contribution is 0.103. The van der Waals surface area contributed by atoms with Gasteiger partial charge in [-0.15, -0.1) is 11.3 Å². The molecule has 4 heteroatoms. The number of halogens is 1. The fourth-order valence-electron chi connectivity index (χ4n) is 3.65. The third kappa shape index (κ3) is 2.22. The molecule has 1 aliphatic heterocycles. The van der Waals surface area contributed by atoms with Crippen molar-refractivity contribution in [3.8, 4) is 0 Å². The average Bonchev–Trinajstić information content (AvgIpc) is 2.94. The molecule has 1 aliphatic carbocycles. The van der Waals surface area contributed by atoms with Gasteiger partial charge in [0.05, 0.1) is 15.2 Å². The second-order valence-corrected chi connectivity index (χ2v) is 8.19. The number of hydrogen-bond donors (Lipinski definition) is 0. The van der Waals surface area contributed by atoms with E-state index in [-0.39, 0.29) is 0 Å². The zero-order chi connectivity index (χ0) is 13.7. The van der Waals surface area contributed by atoms with E-state index in [1.807, 2.05) is 11.3 Å². The topological polar surface area (TPSA) is 16.1 Å². The molecule has 0 N–H and O–H groups in total. The van der Waals surface area contributed by atoms with Crippen molar-refractivity contribution in [3.63, 3.8) is 0 Å². The quantitative estimate of drug-likeness (QED) is 0.773. The summed E-state index contributed by atoms with van der Waals surface area (Å²) in [6.45, 7) is 3.70. The molecule has 2 heterocycles. The minimum absolute atomic E-state index is 0.698. The summed E-state index contributed by atoms with van der Waals surface area (Å²) in [4.78, 5) is 7.56. The van der Waals surface area contributed by atoms with E-state index < -0.39 is 0 Å². The highest BCUT2D eigenvalue weighted by molar-refractivity contribution is 9.10. The number of hydrogen-bond acceptors (Lipinski definition) is 3. The van der Waals surface area contributed by atoms with Crippen LogP contribution in [0.4, 0.5) is 0 Å². The number of nitrogens with zero attached hydrogens (tertiary/aromatic N) is 2. The smallest absolute Gasteiger partial charge is 0.0970 e. The zero-order valence-electron chi connectivity index (χ0n) is 11.7. The summed E-state index contributed by atoms with van der Waals surface area (Å²) in [5.74, 6) is 0.698. The van der Waals surface area contributed by atoms with Crippen molar-refractivity contribution < 1.29 is 0 Å². The van der Waals surface area contributed by atoms with Gasteiger partial charge in [0.25, 0.3) is 0 Å². The summed E-state index contributed by atoms with van der Waals surface area (Å²) >= 11 is 5.42. The molecule has 1 aromatic heterocycles. The van der Waals surface area contributed by atoms with E-state index in [4.69, 9.17) is 4.98 Å². The molecule has 106 valence electrons. The van der Waals surface area contributed by atoms with Crippen molar-refractivity contribution in [2.45, 2.75) is 50.6 Å². The Morgan fingerprint density at radius 3 is 2.95 bits per heavy atom. The maximum Gasteiger partial charge on any atom is 0.0970 e. The molecule has 2 fully saturated rings. The summed E-state index contributed by atoms with van der Waals surface area (Å²) < 4.78 is 2.46. The molecule has 0 amide bonds. The Kier molecular flexibility index (Phi) is 3.36. The second-order valence-electron chi connectivity index (χ2n) is 6.22. The molecule has 0 spiro atoms. The minimum atomic E-state index is 0.698. The van der Waals surface area contributed by atoms with Gasteiger partial charge in [-0.05, 0) is 57.4 Å². The summed E-state index contributed by atoms with van der Waals surface area (Å²) in [5, 5.41) is 1.35. The highest BCUT2D eigenvalue weighted by Crippen LogP contribution is 2.44. The molecule has 4 rings (SSSR count). The first kappa shape index (κ1) is 13.2. The maximum absolute atomic E-state index is 4.84. The molecule has 1 saturated heterocycles. The molecule has 1 aromatic carbocycles. The molecular weight excluding hydrogens is 332 g/mol. The van der Waals surface area contributed by atoms with Crippen molar-refractivity contribution in [1.82, 2.24) is 9.88 Å². The van der Waals surface area contributed by atoms with Gasteiger partial charge in [0.2, 0.25) is 0 Å². The second kappa shape index (κ2) is 5.08. The van der Waals surface area contributed by atoms with E-state index in [2.05, 4.69) is 46.0 Å². The van der Waals surface area contributed by atoms with Crippen molar-refractivity contribution in [2.24, 2.45) is 0 Å². The van der Waals surface area contributed by atoms with Gasteiger partial charge in [0.15, 0.2) is 0 Å². The standard InChI is InChI=1S/C16H19BrN2S/c1-10-3-2-6-19(10)13-7-11(8-13)16-18-14-5-4-12(17)9-15(14)20-16/h4-5,9-11,13H,2-3,6-8H2,1H3/t10-,11-,13+/m1/s1. The SMILES string of the molecule is C[C@@H]1CCCN1[C@H]1C[C@@H](c2nc3ccc(Br)cc3s2)C1. The molecule has 20 heavy (non-hydrogen) atoms. The van der Waals surface area contributed by atoms with Crippen LogP contribution in [0.3, 0.4) is 0 Å². The van der Waals surface area contributed by atoms with Crippen molar-refractivity contribution in [2.75, 3.05) is 6.54 Å². The number of thiazole rings is 1. The zero-order valence-corrected chi connectivity index (χ0v) is 14.1. The number of benzene rings is 1. The molecule has 2 aromatic rings. The highest BCUT2D eigenvalue weighted by atomic mass is 79.9. The predicted molar refractivity (Wildman–Crippen MR) is 88.5 cm³/mol. The monoisotopic (exact) mass is 350 g/mol. The maximum atomic E-state index is 4.84. The van der Waals surface area contributed by atoms with Gasteiger partial charge in [0.1, 0.15) is 0 Å². The van der Waals surface area contributed by atoms with Crippen LogP contribution in [-0.4, -0.2) is 28.5 Å². The van der Waals surface area contributed by atoms with E-state index in [9.17, 15) is 0 Å². The third-order valence-electron chi connectivity index (χ3n) is 4.90. The minimum Gasteiger partial charge on any atom is -0.298 e. The Labute approximate surface area is 132 Å². The molecule has 0 radical (unpaired) electrons. The number of aromatic nitrogens is 1.